The van der Waals surface area contributed by atoms with E-state index in [1.807, 2.05) is 0 Å². The maximum absolute atomic E-state index is 2.43. The second kappa shape index (κ2) is 11.7. The SMILES string of the molecule is CCCCCCCCCCCCCc1ccc2c(ccc3c4cc5ccccc5cc4ccc23)c1. The van der Waals surface area contributed by atoms with Gasteiger partial charge in [0.15, 0.2) is 0 Å². The van der Waals surface area contributed by atoms with E-state index in [0.29, 0.717) is 0 Å². The summed E-state index contributed by atoms with van der Waals surface area (Å²) in [6.07, 6.45) is 16.7. The Balaban J connectivity index is 1.20. The molecule has 0 aromatic heterocycles. The molecule has 0 atom stereocenters. The van der Waals surface area contributed by atoms with Crippen molar-refractivity contribution in [1.29, 1.82) is 0 Å². The Morgan fingerprint density at radius 3 is 1.63 bits per heavy atom. The zero-order chi connectivity index (χ0) is 23.9. The molecule has 0 N–H and O–H groups in total. The van der Waals surface area contributed by atoms with Crippen LogP contribution in [0.1, 0.15) is 83.1 Å². The number of unbranched alkanes of at least 4 members (excludes halogenated alkanes) is 10. The molecule has 0 heteroatoms. The minimum Gasteiger partial charge on any atom is -0.0654 e. The first-order valence-corrected chi connectivity index (χ1v) is 14.1. The third kappa shape index (κ3) is 5.69. The lowest BCUT2D eigenvalue weighted by Gasteiger charge is -2.10. The van der Waals surface area contributed by atoms with Crippen LogP contribution in [0.4, 0.5) is 0 Å². The van der Waals surface area contributed by atoms with Crippen LogP contribution in [0.15, 0.2) is 78.9 Å². The van der Waals surface area contributed by atoms with Gasteiger partial charge in [-0.15, -0.1) is 0 Å². The fourth-order valence-electron chi connectivity index (χ4n) is 5.77. The van der Waals surface area contributed by atoms with Gasteiger partial charge in [-0.25, -0.2) is 0 Å². The average molecular weight is 461 g/mol. The molecule has 0 amide bonds. The first kappa shape index (κ1) is 23.9. The first-order chi connectivity index (χ1) is 17.3. The van der Waals surface area contributed by atoms with Gasteiger partial charge in [0.2, 0.25) is 0 Å². The molecule has 0 aliphatic heterocycles. The highest BCUT2D eigenvalue weighted by Gasteiger charge is 2.07. The molecule has 0 spiro atoms. The molecule has 0 heterocycles. The third-order valence-corrected chi connectivity index (χ3v) is 7.83. The summed E-state index contributed by atoms with van der Waals surface area (Å²) in [5, 5.41) is 10.8. The van der Waals surface area contributed by atoms with Gasteiger partial charge in [-0.3, -0.25) is 0 Å². The van der Waals surface area contributed by atoms with Gasteiger partial charge in [-0.1, -0.05) is 138 Å². The van der Waals surface area contributed by atoms with Gasteiger partial charge in [0.1, 0.15) is 0 Å². The predicted molar refractivity (Wildman–Crippen MR) is 157 cm³/mol. The number of aryl methyl sites for hydroxylation is 1. The molecule has 0 nitrogen and oxygen atoms in total. The van der Waals surface area contributed by atoms with Gasteiger partial charge in [0, 0.05) is 0 Å². The summed E-state index contributed by atoms with van der Waals surface area (Å²) in [5.74, 6) is 0. The molecule has 0 aliphatic rings. The molecule has 0 radical (unpaired) electrons. The van der Waals surface area contributed by atoms with Gasteiger partial charge < -0.3 is 0 Å². The third-order valence-electron chi connectivity index (χ3n) is 7.83. The molecule has 5 rings (SSSR count). The molecular formula is C35H40. The summed E-state index contributed by atoms with van der Waals surface area (Å²) in [6.45, 7) is 2.29. The van der Waals surface area contributed by atoms with Crippen LogP contribution in [-0.4, -0.2) is 0 Å². The zero-order valence-electron chi connectivity index (χ0n) is 21.5. The van der Waals surface area contributed by atoms with Crippen molar-refractivity contribution < 1.29 is 0 Å². The Morgan fingerprint density at radius 1 is 0.400 bits per heavy atom. The molecule has 0 saturated heterocycles. The molecule has 5 aromatic rings. The lowest BCUT2D eigenvalue weighted by atomic mass is 9.94. The predicted octanol–water partition coefficient (Wildman–Crippen LogP) is 11.2. The molecule has 180 valence electrons. The van der Waals surface area contributed by atoms with Gasteiger partial charge in [0.05, 0.1) is 0 Å². The largest absolute Gasteiger partial charge is 0.0654 e. The van der Waals surface area contributed by atoms with E-state index < -0.39 is 0 Å². The number of hydrogen-bond acceptors (Lipinski definition) is 0. The summed E-state index contributed by atoms with van der Waals surface area (Å²) in [6, 6.07) is 29.8. The van der Waals surface area contributed by atoms with Gasteiger partial charge in [0.25, 0.3) is 0 Å². The lowest BCUT2D eigenvalue weighted by Crippen LogP contribution is -1.88. The quantitative estimate of drug-likeness (QED) is 0.0986. The normalized spacial score (nSPS) is 11.8. The van der Waals surface area contributed by atoms with E-state index in [1.165, 1.54) is 126 Å². The lowest BCUT2D eigenvalue weighted by molar-refractivity contribution is 0.549. The number of hydrogen-bond donors (Lipinski definition) is 0. The fraction of sp³-hybridized carbons (Fsp3) is 0.371. The van der Waals surface area contributed by atoms with Crippen molar-refractivity contribution in [3.63, 3.8) is 0 Å². The van der Waals surface area contributed by atoms with Crippen LogP contribution in [0.5, 0.6) is 0 Å². The van der Waals surface area contributed by atoms with Gasteiger partial charge in [-0.2, -0.15) is 0 Å². The fourth-order valence-corrected chi connectivity index (χ4v) is 5.77. The molecule has 5 aromatic carbocycles. The summed E-state index contributed by atoms with van der Waals surface area (Å²) in [5.41, 5.74) is 1.49. The minimum atomic E-state index is 1.20. The van der Waals surface area contributed by atoms with Crippen molar-refractivity contribution in [2.75, 3.05) is 0 Å². The van der Waals surface area contributed by atoms with E-state index in [-0.39, 0.29) is 0 Å². The Hall–Kier alpha value is -2.86. The van der Waals surface area contributed by atoms with Gasteiger partial charge >= 0.3 is 0 Å². The summed E-state index contributed by atoms with van der Waals surface area (Å²) < 4.78 is 0. The van der Waals surface area contributed by atoms with Crippen LogP contribution in [0, 0.1) is 0 Å². The monoisotopic (exact) mass is 460 g/mol. The zero-order valence-corrected chi connectivity index (χ0v) is 21.5. The van der Waals surface area contributed by atoms with E-state index >= 15 is 0 Å². The van der Waals surface area contributed by atoms with Crippen LogP contribution >= 0.6 is 0 Å². The van der Waals surface area contributed by atoms with Crippen LogP contribution in [0.25, 0.3) is 43.1 Å². The Labute approximate surface area is 211 Å². The van der Waals surface area contributed by atoms with E-state index in [9.17, 15) is 0 Å². The number of benzene rings is 5. The highest BCUT2D eigenvalue weighted by molar-refractivity contribution is 6.19. The molecule has 0 aliphatic carbocycles. The van der Waals surface area contributed by atoms with E-state index in [0.717, 1.165) is 0 Å². The topological polar surface area (TPSA) is 0 Å². The second-order valence-electron chi connectivity index (χ2n) is 10.5. The maximum atomic E-state index is 2.43. The molecule has 0 bridgehead atoms. The molecular weight excluding hydrogens is 420 g/mol. The van der Waals surface area contributed by atoms with Crippen molar-refractivity contribution in [2.24, 2.45) is 0 Å². The van der Waals surface area contributed by atoms with E-state index in [4.69, 9.17) is 0 Å². The second-order valence-corrected chi connectivity index (χ2v) is 10.5. The molecule has 0 fully saturated rings. The van der Waals surface area contributed by atoms with Crippen molar-refractivity contribution in [1.82, 2.24) is 0 Å². The highest BCUT2D eigenvalue weighted by Crippen LogP contribution is 2.34. The summed E-state index contributed by atoms with van der Waals surface area (Å²) in [4.78, 5) is 0. The van der Waals surface area contributed by atoms with Crippen LogP contribution in [-0.2, 0) is 6.42 Å². The minimum absolute atomic E-state index is 1.20. The van der Waals surface area contributed by atoms with Crippen molar-refractivity contribution >= 4 is 43.1 Å². The number of fused-ring (bicyclic) bond motifs is 6. The van der Waals surface area contributed by atoms with Crippen molar-refractivity contribution in [3.8, 4) is 0 Å². The van der Waals surface area contributed by atoms with Crippen molar-refractivity contribution in [2.45, 2.75) is 84.0 Å². The van der Waals surface area contributed by atoms with E-state index in [2.05, 4.69) is 85.8 Å². The van der Waals surface area contributed by atoms with Crippen LogP contribution < -0.4 is 0 Å². The smallest absolute Gasteiger partial charge is 0.00987 e. The molecule has 0 saturated carbocycles. The summed E-state index contributed by atoms with van der Waals surface area (Å²) >= 11 is 0. The van der Waals surface area contributed by atoms with E-state index in [1.54, 1.807) is 0 Å². The Kier molecular flexibility index (Phi) is 7.99. The standard InChI is InChI=1S/C35H40/c1-2-3-4-5-6-7-8-9-10-11-12-15-27-18-21-32-30(24-27)19-23-34-33(32)22-20-31-25-28-16-13-14-17-29(28)26-35(31)34/h13-14,16-26H,2-12,15H2,1H3. The Bertz CT molecular complexity index is 1410. The maximum Gasteiger partial charge on any atom is -0.00987 e. The Morgan fingerprint density at radius 2 is 0.943 bits per heavy atom. The first-order valence-electron chi connectivity index (χ1n) is 14.1. The average Bonchev–Trinajstić information content (AvgIpc) is 2.90. The summed E-state index contributed by atoms with van der Waals surface area (Å²) in [7, 11) is 0. The number of rotatable bonds is 12. The van der Waals surface area contributed by atoms with Gasteiger partial charge in [-0.05, 0) is 73.6 Å². The highest BCUT2D eigenvalue weighted by atomic mass is 14.1. The van der Waals surface area contributed by atoms with Crippen LogP contribution in [0.2, 0.25) is 0 Å². The molecule has 35 heavy (non-hydrogen) atoms. The van der Waals surface area contributed by atoms with Crippen LogP contribution in [0.3, 0.4) is 0 Å². The van der Waals surface area contributed by atoms with Crippen molar-refractivity contribution in [3.05, 3.63) is 84.4 Å². The molecule has 0 unspecified atom stereocenters.